The number of rotatable bonds is 4. The number of carbonyl (C=O) groups is 1. The molecule has 0 atom stereocenters. The minimum absolute atomic E-state index is 0.0199. The summed E-state index contributed by atoms with van der Waals surface area (Å²) in [5.74, 6) is 0.0199. The van der Waals surface area contributed by atoms with Gasteiger partial charge in [0, 0.05) is 16.3 Å². The highest BCUT2D eigenvalue weighted by atomic mass is 79.9. The molecular weight excluding hydrogens is 382 g/mol. The lowest BCUT2D eigenvalue weighted by atomic mass is 9.75. The van der Waals surface area contributed by atoms with Crippen LogP contribution in [0.25, 0.3) is 0 Å². The summed E-state index contributed by atoms with van der Waals surface area (Å²) in [7, 11) is 0. The summed E-state index contributed by atoms with van der Waals surface area (Å²) >= 11 is 7.15. The van der Waals surface area contributed by atoms with E-state index in [4.69, 9.17) is 0 Å². The van der Waals surface area contributed by atoms with E-state index in [-0.39, 0.29) is 11.3 Å². The predicted molar refractivity (Wildman–Crippen MR) is 90.5 cm³/mol. The molecule has 1 saturated carbocycles. The average Bonchev–Trinajstić information content (AvgIpc) is 2.48. The molecule has 0 aliphatic heterocycles. The first-order valence-corrected chi connectivity index (χ1v) is 9.09. The van der Waals surface area contributed by atoms with Gasteiger partial charge < -0.3 is 5.32 Å². The van der Waals surface area contributed by atoms with Gasteiger partial charge in [0.15, 0.2) is 0 Å². The van der Waals surface area contributed by atoms with E-state index >= 15 is 0 Å². The molecule has 0 unspecified atom stereocenters. The highest BCUT2D eigenvalue weighted by molar-refractivity contribution is 9.10. The third-order valence-corrected chi connectivity index (χ3v) is 6.50. The van der Waals surface area contributed by atoms with Gasteiger partial charge in [-0.2, -0.15) is 0 Å². The Morgan fingerprint density at radius 2 is 2.00 bits per heavy atom. The second-order valence-corrected chi connectivity index (χ2v) is 7.17. The van der Waals surface area contributed by atoms with E-state index < -0.39 is 0 Å². The van der Waals surface area contributed by atoms with Crippen LogP contribution in [-0.2, 0) is 0 Å². The largest absolute Gasteiger partial charge is 0.351 e. The number of hydrogen-bond donors (Lipinski definition) is 1. The Labute approximate surface area is 138 Å². The van der Waals surface area contributed by atoms with Crippen molar-refractivity contribution in [2.24, 2.45) is 5.41 Å². The minimum atomic E-state index is 0.0199. The van der Waals surface area contributed by atoms with Crippen LogP contribution in [0.1, 0.15) is 48.0 Å². The molecule has 1 fully saturated rings. The summed E-state index contributed by atoms with van der Waals surface area (Å²) in [6, 6.07) is 5.80. The van der Waals surface area contributed by atoms with E-state index in [1.54, 1.807) is 0 Å². The third-order valence-electron chi connectivity index (χ3n) is 4.26. The Morgan fingerprint density at radius 1 is 1.30 bits per heavy atom. The van der Waals surface area contributed by atoms with Crippen molar-refractivity contribution < 1.29 is 4.79 Å². The summed E-state index contributed by atoms with van der Waals surface area (Å²) in [5.41, 5.74) is 2.06. The monoisotopic (exact) mass is 401 g/mol. The lowest BCUT2D eigenvalue weighted by Gasteiger charge is -2.35. The first-order valence-electron chi connectivity index (χ1n) is 7.17. The number of aryl methyl sites for hydroxylation is 1. The van der Waals surface area contributed by atoms with Crippen LogP contribution in [0.3, 0.4) is 0 Å². The van der Waals surface area contributed by atoms with Crippen LogP contribution < -0.4 is 5.32 Å². The molecule has 0 bridgehead atoms. The standard InChI is InChI=1S/C16H21Br2NO/c1-12-6-5-7-13(14(12)18)15(20)19-11-16(10-17)8-3-2-4-9-16/h5-7H,2-4,8-11H2,1H3,(H,19,20). The van der Waals surface area contributed by atoms with Gasteiger partial charge >= 0.3 is 0 Å². The molecule has 1 N–H and O–H groups in total. The lowest BCUT2D eigenvalue weighted by Crippen LogP contribution is -2.40. The van der Waals surface area contributed by atoms with E-state index in [1.165, 1.54) is 32.1 Å². The number of nitrogens with one attached hydrogen (secondary N) is 1. The van der Waals surface area contributed by atoms with Gasteiger partial charge in [0.1, 0.15) is 0 Å². The molecule has 0 radical (unpaired) electrons. The van der Waals surface area contributed by atoms with Gasteiger partial charge in [-0.3, -0.25) is 4.79 Å². The maximum atomic E-state index is 12.4. The van der Waals surface area contributed by atoms with Crippen LogP contribution in [0.2, 0.25) is 0 Å². The van der Waals surface area contributed by atoms with Crippen molar-refractivity contribution in [1.82, 2.24) is 5.32 Å². The molecular formula is C16H21Br2NO. The number of alkyl halides is 1. The third kappa shape index (κ3) is 3.64. The predicted octanol–water partition coefficient (Wildman–Crippen LogP) is 4.83. The lowest BCUT2D eigenvalue weighted by molar-refractivity contribution is 0.0921. The van der Waals surface area contributed by atoms with Crippen LogP contribution in [0.5, 0.6) is 0 Å². The quantitative estimate of drug-likeness (QED) is 0.717. The average molecular weight is 403 g/mol. The summed E-state index contributed by atoms with van der Waals surface area (Å²) in [4.78, 5) is 12.4. The van der Waals surface area contributed by atoms with Gasteiger partial charge in [-0.05, 0) is 52.7 Å². The number of amides is 1. The van der Waals surface area contributed by atoms with Gasteiger partial charge in [0.2, 0.25) is 0 Å². The zero-order valence-corrected chi connectivity index (χ0v) is 15.0. The van der Waals surface area contributed by atoms with Gasteiger partial charge in [-0.1, -0.05) is 47.3 Å². The molecule has 0 saturated heterocycles. The molecule has 0 heterocycles. The summed E-state index contributed by atoms with van der Waals surface area (Å²) < 4.78 is 0.897. The minimum Gasteiger partial charge on any atom is -0.351 e. The van der Waals surface area contributed by atoms with Crippen molar-refractivity contribution in [1.29, 1.82) is 0 Å². The fraction of sp³-hybridized carbons (Fsp3) is 0.562. The van der Waals surface area contributed by atoms with E-state index in [1.807, 2.05) is 25.1 Å². The van der Waals surface area contributed by atoms with Crippen molar-refractivity contribution in [3.05, 3.63) is 33.8 Å². The molecule has 110 valence electrons. The molecule has 20 heavy (non-hydrogen) atoms. The van der Waals surface area contributed by atoms with Crippen LogP contribution >= 0.6 is 31.9 Å². The molecule has 2 rings (SSSR count). The Hall–Kier alpha value is -0.350. The van der Waals surface area contributed by atoms with Crippen LogP contribution in [0, 0.1) is 12.3 Å². The number of hydrogen-bond acceptors (Lipinski definition) is 1. The van der Waals surface area contributed by atoms with E-state index in [9.17, 15) is 4.79 Å². The normalized spacial score (nSPS) is 17.8. The highest BCUT2D eigenvalue weighted by Crippen LogP contribution is 2.37. The van der Waals surface area contributed by atoms with Gasteiger partial charge in [0.05, 0.1) is 5.56 Å². The van der Waals surface area contributed by atoms with Crippen molar-refractivity contribution in [3.8, 4) is 0 Å². The number of benzene rings is 1. The van der Waals surface area contributed by atoms with Crippen LogP contribution in [0.4, 0.5) is 0 Å². The SMILES string of the molecule is Cc1cccc(C(=O)NCC2(CBr)CCCCC2)c1Br. The van der Waals surface area contributed by atoms with Gasteiger partial charge in [-0.15, -0.1) is 0 Å². The molecule has 0 aromatic heterocycles. The van der Waals surface area contributed by atoms with E-state index in [0.29, 0.717) is 0 Å². The number of carbonyl (C=O) groups excluding carboxylic acids is 1. The van der Waals surface area contributed by atoms with E-state index in [0.717, 1.165) is 27.5 Å². The fourth-order valence-corrected chi connectivity index (χ4v) is 4.05. The second-order valence-electron chi connectivity index (χ2n) is 5.81. The molecule has 0 spiro atoms. The van der Waals surface area contributed by atoms with Gasteiger partial charge in [-0.25, -0.2) is 0 Å². The topological polar surface area (TPSA) is 29.1 Å². The fourth-order valence-electron chi connectivity index (χ4n) is 2.85. The first-order chi connectivity index (χ1) is 9.58. The van der Waals surface area contributed by atoms with Crippen molar-refractivity contribution >= 4 is 37.8 Å². The van der Waals surface area contributed by atoms with Crippen molar-refractivity contribution in [2.45, 2.75) is 39.0 Å². The Kier molecular flexibility index (Phi) is 5.67. The summed E-state index contributed by atoms with van der Waals surface area (Å²) in [6.45, 7) is 2.76. The smallest absolute Gasteiger partial charge is 0.252 e. The van der Waals surface area contributed by atoms with Crippen LogP contribution in [0.15, 0.2) is 22.7 Å². The maximum Gasteiger partial charge on any atom is 0.252 e. The first kappa shape index (κ1) is 16.0. The maximum absolute atomic E-state index is 12.4. The highest BCUT2D eigenvalue weighted by Gasteiger charge is 2.31. The molecule has 1 aliphatic rings. The van der Waals surface area contributed by atoms with Crippen LogP contribution in [-0.4, -0.2) is 17.8 Å². The molecule has 1 aromatic carbocycles. The Bertz CT molecular complexity index is 481. The molecule has 4 heteroatoms. The zero-order valence-electron chi connectivity index (χ0n) is 11.8. The Morgan fingerprint density at radius 3 is 2.65 bits per heavy atom. The van der Waals surface area contributed by atoms with Gasteiger partial charge in [0.25, 0.3) is 5.91 Å². The molecule has 1 amide bonds. The second kappa shape index (κ2) is 7.08. The summed E-state index contributed by atoms with van der Waals surface area (Å²) in [5, 5.41) is 4.10. The summed E-state index contributed by atoms with van der Waals surface area (Å²) in [6.07, 6.45) is 6.28. The van der Waals surface area contributed by atoms with Crippen molar-refractivity contribution in [3.63, 3.8) is 0 Å². The number of halogens is 2. The zero-order chi connectivity index (χ0) is 14.6. The van der Waals surface area contributed by atoms with Crippen molar-refractivity contribution in [2.75, 3.05) is 11.9 Å². The molecule has 1 aliphatic carbocycles. The molecule has 2 nitrogen and oxygen atoms in total. The Balaban J connectivity index is 2.02. The molecule has 1 aromatic rings. The van der Waals surface area contributed by atoms with E-state index in [2.05, 4.69) is 37.2 Å².